The number of hydrogen-bond donors (Lipinski definition) is 1. The van der Waals surface area contributed by atoms with Gasteiger partial charge in [0.1, 0.15) is 0 Å². The fourth-order valence-corrected chi connectivity index (χ4v) is 3.39. The molecule has 3 rings (SSSR count). The molecule has 3 heterocycles. The van der Waals surface area contributed by atoms with Crippen molar-refractivity contribution < 1.29 is 14.3 Å². The molecule has 158 valence electrons. The van der Waals surface area contributed by atoms with Gasteiger partial charge in [0.2, 0.25) is 0 Å². The quantitative estimate of drug-likeness (QED) is 0.601. The highest BCUT2D eigenvalue weighted by Crippen LogP contribution is 2.27. The Bertz CT molecular complexity index is 1060. The standard InChI is InChI=1S/C22H27N5O3/c1-6-15(3)27-20-17(13-24-27)16(11-14(2)25-20)21(29)26-22(4,12-19(28)30-5)18-9-7-8-10-23-18/h7-11,13,15H,6,12H2,1-5H3,(H,26,29). The van der Waals surface area contributed by atoms with Crippen LogP contribution >= 0.6 is 0 Å². The third-order valence-electron chi connectivity index (χ3n) is 5.29. The number of aryl methyl sites for hydroxylation is 1. The zero-order chi connectivity index (χ0) is 21.9. The minimum absolute atomic E-state index is 0.0500. The van der Waals surface area contributed by atoms with Crippen LogP contribution in [0, 0.1) is 6.92 Å². The third kappa shape index (κ3) is 4.17. The maximum Gasteiger partial charge on any atom is 0.308 e. The van der Waals surface area contributed by atoms with Gasteiger partial charge in [-0.3, -0.25) is 14.6 Å². The molecule has 2 unspecified atom stereocenters. The normalized spacial score (nSPS) is 14.2. The van der Waals surface area contributed by atoms with Gasteiger partial charge in [-0.2, -0.15) is 5.10 Å². The molecule has 8 nitrogen and oxygen atoms in total. The second kappa shape index (κ2) is 8.61. The van der Waals surface area contributed by atoms with Gasteiger partial charge in [0.15, 0.2) is 5.65 Å². The minimum atomic E-state index is -1.04. The molecule has 1 N–H and O–H groups in total. The summed E-state index contributed by atoms with van der Waals surface area (Å²) in [7, 11) is 1.32. The largest absolute Gasteiger partial charge is 0.469 e. The Balaban J connectivity index is 2.03. The predicted octanol–water partition coefficient (Wildman–Crippen LogP) is 3.31. The van der Waals surface area contributed by atoms with Gasteiger partial charge in [-0.15, -0.1) is 0 Å². The summed E-state index contributed by atoms with van der Waals surface area (Å²) in [6.07, 6.45) is 4.14. The zero-order valence-corrected chi connectivity index (χ0v) is 18.0. The van der Waals surface area contributed by atoms with Gasteiger partial charge in [0, 0.05) is 11.9 Å². The average Bonchev–Trinajstić information content (AvgIpc) is 3.16. The number of methoxy groups -OCH3 is 1. The molecule has 0 saturated carbocycles. The number of fused-ring (bicyclic) bond motifs is 1. The van der Waals surface area contributed by atoms with Crippen LogP contribution in [-0.4, -0.2) is 38.7 Å². The lowest BCUT2D eigenvalue weighted by atomic mass is 9.92. The molecule has 0 aliphatic rings. The van der Waals surface area contributed by atoms with Crippen molar-refractivity contribution in [2.75, 3.05) is 7.11 Å². The monoisotopic (exact) mass is 409 g/mol. The van der Waals surface area contributed by atoms with Crippen LogP contribution in [0.1, 0.15) is 61.4 Å². The van der Waals surface area contributed by atoms with Gasteiger partial charge in [0.05, 0.1) is 48.0 Å². The third-order valence-corrected chi connectivity index (χ3v) is 5.29. The van der Waals surface area contributed by atoms with E-state index >= 15 is 0 Å². The molecule has 2 atom stereocenters. The predicted molar refractivity (Wildman–Crippen MR) is 113 cm³/mol. The molecule has 3 aromatic rings. The molecule has 3 aromatic heterocycles. The molecule has 0 radical (unpaired) electrons. The molecule has 1 amide bonds. The second-order valence-electron chi connectivity index (χ2n) is 7.65. The van der Waals surface area contributed by atoms with E-state index in [-0.39, 0.29) is 18.4 Å². The van der Waals surface area contributed by atoms with Crippen molar-refractivity contribution in [1.82, 2.24) is 25.1 Å². The van der Waals surface area contributed by atoms with Crippen molar-refractivity contribution in [3.05, 3.63) is 53.6 Å². The van der Waals surface area contributed by atoms with Gasteiger partial charge in [0.25, 0.3) is 5.91 Å². The molecule has 0 aromatic carbocycles. The van der Waals surface area contributed by atoms with Crippen molar-refractivity contribution in [2.45, 2.75) is 52.1 Å². The van der Waals surface area contributed by atoms with E-state index in [1.807, 2.05) is 17.7 Å². The minimum Gasteiger partial charge on any atom is -0.469 e. The lowest BCUT2D eigenvalue weighted by Gasteiger charge is -2.29. The molecule has 30 heavy (non-hydrogen) atoms. The molecule has 0 aliphatic carbocycles. The van der Waals surface area contributed by atoms with Crippen LogP contribution in [0.25, 0.3) is 11.0 Å². The number of ether oxygens (including phenoxy) is 1. The Morgan fingerprint density at radius 1 is 1.33 bits per heavy atom. The summed E-state index contributed by atoms with van der Waals surface area (Å²) in [5, 5.41) is 8.12. The van der Waals surface area contributed by atoms with Crippen molar-refractivity contribution in [3.8, 4) is 0 Å². The van der Waals surface area contributed by atoms with Crippen molar-refractivity contribution in [3.63, 3.8) is 0 Å². The van der Waals surface area contributed by atoms with Gasteiger partial charge in [-0.25, -0.2) is 9.67 Å². The summed E-state index contributed by atoms with van der Waals surface area (Å²) < 4.78 is 6.68. The van der Waals surface area contributed by atoms with Gasteiger partial charge in [-0.1, -0.05) is 13.0 Å². The Kier molecular flexibility index (Phi) is 6.14. The Labute approximate surface area is 175 Å². The fourth-order valence-electron chi connectivity index (χ4n) is 3.39. The maximum absolute atomic E-state index is 13.4. The van der Waals surface area contributed by atoms with Crippen LogP contribution in [0.4, 0.5) is 0 Å². The summed E-state index contributed by atoms with van der Waals surface area (Å²) in [5.74, 6) is -0.768. The van der Waals surface area contributed by atoms with Crippen molar-refractivity contribution in [1.29, 1.82) is 0 Å². The average molecular weight is 409 g/mol. The zero-order valence-electron chi connectivity index (χ0n) is 18.0. The van der Waals surface area contributed by atoms with Crippen LogP contribution in [-0.2, 0) is 15.1 Å². The number of carbonyl (C=O) groups is 2. The number of rotatable bonds is 7. The molecule has 0 bridgehead atoms. The number of carbonyl (C=O) groups excluding carboxylic acids is 2. The van der Waals surface area contributed by atoms with Gasteiger partial charge < -0.3 is 10.1 Å². The number of nitrogens with zero attached hydrogens (tertiary/aromatic N) is 4. The van der Waals surface area contributed by atoms with Crippen LogP contribution in [0.2, 0.25) is 0 Å². The molecule has 0 saturated heterocycles. The maximum atomic E-state index is 13.4. The molecule has 0 aliphatic heterocycles. The van der Waals surface area contributed by atoms with Crippen LogP contribution in [0.15, 0.2) is 36.7 Å². The van der Waals surface area contributed by atoms with E-state index in [1.54, 1.807) is 37.5 Å². The second-order valence-corrected chi connectivity index (χ2v) is 7.65. The highest BCUT2D eigenvalue weighted by molar-refractivity contribution is 6.06. The topological polar surface area (TPSA) is 99.0 Å². The van der Waals surface area contributed by atoms with E-state index in [0.29, 0.717) is 28.0 Å². The Hall–Kier alpha value is -3.29. The number of hydrogen-bond acceptors (Lipinski definition) is 6. The van der Waals surface area contributed by atoms with Crippen molar-refractivity contribution >= 4 is 22.9 Å². The lowest BCUT2D eigenvalue weighted by molar-refractivity contribution is -0.142. The van der Waals surface area contributed by atoms with E-state index in [0.717, 1.165) is 6.42 Å². The summed E-state index contributed by atoms with van der Waals surface area (Å²) in [5.41, 5.74) is 1.37. The first-order valence-corrected chi connectivity index (χ1v) is 9.94. The first-order valence-electron chi connectivity index (χ1n) is 9.94. The number of aromatic nitrogens is 4. The van der Waals surface area contributed by atoms with E-state index < -0.39 is 11.5 Å². The van der Waals surface area contributed by atoms with Crippen LogP contribution < -0.4 is 5.32 Å². The van der Waals surface area contributed by atoms with Crippen LogP contribution in [0.5, 0.6) is 0 Å². The summed E-state index contributed by atoms with van der Waals surface area (Å²) in [6, 6.07) is 7.26. The van der Waals surface area contributed by atoms with Crippen LogP contribution in [0.3, 0.4) is 0 Å². The van der Waals surface area contributed by atoms with E-state index in [2.05, 4.69) is 34.2 Å². The van der Waals surface area contributed by atoms with E-state index in [9.17, 15) is 9.59 Å². The number of amides is 1. The molecule has 8 heteroatoms. The van der Waals surface area contributed by atoms with E-state index in [4.69, 9.17) is 4.74 Å². The number of nitrogens with one attached hydrogen (secondary N) is 1. The Morgan fingerprint density at radius 3 is 2.73 bits per heavy atom. The highest BCUT2D eigenvalue weighted by Gasteiger charge is 2.34. The van der Waals surface area contributed by atoms with Gasteiger partial charge in [-0.05, 0) is 45.4 Å². The first kappa shape index (κ1) is 21.4. The molecule has 0 spiro atoms. The fraction of sp³-hybridized carbons (Fsp3) is 0.409. The molecular formula is C22H27N5O3. The van der Waals surface area contributed by atoms with E-state index in [1.165, 1.54) is 7.11 Å². The first-order chi connectivity index (χ1) is 14.3. The summed E-state index contributed by atoms with van der Waals surface area (Å²) >= 11 is 0. The SMILES string of the molecule is CCC(C)n1ncc2c(C(=O)NC(C)(CC(=O)OC)c3ccccn3)cc(C)nc21. The summed E-state index contributed by atoms with van der Waals surface area (Å²) in [4.78, 5) is 34.4. The van der Waals surface area contributed by atoms with Crippen molar-refractivity contribution in [2.24, 2.45) is 0 Å². The lowest BCUT2D eigenvalue weighted by Crippen LogP contribution is -2.46. The number of esters is 1. The molecular weight excluding hydrogens is 382 g/mol. The number of pyridine rings is 2. The smallest absolute Gasteiger partial charge is 0.308 e. The molecule has 0 fully saturated rings. The Morgan fingerprint density at radius 2 is 2.10 bits per heavy atom. The van der Waals surface area contributed by atoms with Gasteiger partial charge >= 0.3 is 5.97 Å². The highest BCUT2D eigenvalue weighted by atomic mass is 16.5. The summed E-state index contributed by atoms with van der Waals surface area (Å²) in [6.45, 7) is 7.74.